The Bertz CT molecular complexity index is 402. The molecule has 0 radical (unpaired) electrons. The number of aliphatic hydroxyl groups excluding tert-OH is 2. The van der Waals surface area contributed by atoms with Crippen LogP contribution in [-0.4, -0.2) is 34.9 Å². The van der Waals surface area contributed by atoms with E-state index in [0.717, 1.165) is 25.7 Å². The Labute approximate surface area is 206 Å². The Morgan fingerprint density at radius 1 is 0.606 bits per heavy atom. The van der Waals surface area contributed by atoms with Crippen molar-refractivity contribution in [2.45, 2.75) is 174 Å². The molecular formula is C29H59NO3. The van der Waals surface area contributed by atoms with Crippen LogP contribution in [0.25, 0.3) is 0 Å². The minimum absolute atomic E-state index is 0.0666. The molecule has 3 N–H and O–H groups in total. The zero-order valence-corrected chi connectivity index (χ0v) is 22.4. The first-order valence-electron chi connectivity index (χ1n) is 14.7. The van der Waals surface area contributed by atoms with E-state index in [1.54, 1.807) is 0 Å². The van der Waals surface area contributed by atoms with Crippen LogP contribution in [0.15, 0.2) is 0 Å². The lowest BCUT2D eigenvalue weighted by atomic mass is 10.0. The minimum atomic E-state index is -0.647. The second-order valence-corrected chi connectivity index (χ2v) is 10.2. The van der Waals surface area contributed by atoms with Crippen molar-refractivity contribution in [2.24, 2.45) is 0 Å². The smallest absolute Gasteiger partial charge is 0.220 e. The second-order valence-electron chi connectivity index (χ2n) is 10.2. The number of hydrogen-bond acceptors (Lipinski definition) is 3. The second kappa shape index (κ2) is 26.0. The van der Waals surface area contributed by atoms with Crippen LogP contribution in [0.1, 0.15) is 162 Å². The van der Waals surface area contributed by atoms with Gasteiger partial charge in [0.05, 0.1) is 18.8 Å². The van der Waals surface area contributed by atoms with Crippen LogP contribution >= 0.6 is 0 Å². The first kappa shape index (κ1) is 32.4. The van der Waals surface area contributed by atoms with E-state index in [1.165, 1.54) is 109 Å². The summed E-state index contributed by atoms with van der Waals surface area (Å²) in [5.74, 6) is -0.0666. The highest BCUT2D eigenvalue weighted by Crippen LogP contribution is 2.15. The van der Waals surface area contributed by atoms with Gasteiger partial charge in [-0.2, -0.15) is 0 Å². The van der Waals surface area contributed by atoms with Gasteiger partial charge in [-0.25, -0.2) is 0 Å². The number of amides is 1. The van der Waals surface area contributed by atoms with Gasteiger partial charge >= 0.3 is 0 Å². The average molecular weight is 470 g/mol. The van der Waals surface area contributed by atoms with E-state index >= 15 is 0 Å². The first-order chi connectivity index (χ1) is 16.2. The van der Waals surface area contributed by atoms with Crippen molar-refractivity contribution in [3.63, 3.8) is 0 Å². The summed E-state index contributed by atoms with van der Waals surface area (Å²) in [4.78, 5) is 11.8. The summed E-state index contributed by atoms with van der Waals surface area (Å²) in [6.45, 7) is 4.13. The lowest BCUT2D eigenvalue weighted by molar-refractivity contribution is -0.123. The standard InChI is InChI=1S/C29H59NO3/c1-3-5-7-8-9-10-11-12-13-14-15-16-17-18-19-20-21-22-23-24-28(32)27(26-31)30-29(33)25-6-4-2/h27-28,31-32H,3-26H2,1-2H3,(H,30,33). The van der Waals surface area contributed by atoms with Gasteiger partial charge in [0.1, 0.15) is 0 Å². The Kier molecular flexibility index (Phi) is 25.5. The summed E-state index contributed by atoms with van der Waals surface area (Å²) in [6, 6.07) is -0.523. The molecule has 0 aromatic heterocycles. The van der Waals surface area contributed by atoms with E-state index in [4.69, 9.17) is 0 Å². The molecule has 0 heterocycles. The van der Waals surface area contributed by atoms with Gasteiger partial charge < -0.3 is 15.5 Å². The number of rotatable bonds is 26. The zero-order valence-electron chi connectivity index (χ0n) is 22.4. The van der Waals surface area contributed by atoms with Crippen LogP contribution in [0.5, 0.6) is 0 Å². The Balaban J connectivity index is 3.36. The summed E-state index contributed by atoms with van der Waals surface area (Å²) < 4.78 is 0. The molecule has 33 heavy (non-hydrogen) atoms. The normalized spacial score (nSPS) is 13.2. The third-order valence-corrected chi connectivity index (χ3v) is 6.87. The highest BCUT2D eigenvalue weighted by molar-refractivity contribution is 5.76. The van der Waals surface area contributed by atoms with Crippen molar-refractivity contribution in [1.29, 1.82) is 0 Å². The van der Waals surface area contributed by atoms with Gasteiger partial charge in [-0.15, -0.1) is 0 Å². The summed E-state index contributed by atoms with van der Waals surface area (Å²) in [6.07, 6.45) is 28.0. The van der Waals surface area contributed by atoms with Crippen molar-refractivity contribution in [1.82, 2.24) is 5.32 Å². The quantitative estimate of drug-likeness (QED) is 0.113. The molecule has 0 fully saturated rings. The number of nitrogens with one attached hydrogen (secondary N) is 1. The molecule has 0 saturated heterocycles. The van der Waals surface area contributed by atoms with Crippen molar-refractivity contribution in [2.75, 3.05) is 6.61 Å². The van der Waals surface area contributed by atoms with Gasteiger partial charge in [0.2, 0.25) is 5.91 Å². The molecule has 0 aliphatic heterocycles. The van der Waals surface area contributed by atoms with E-state index in [2.05, 4.69) is 12.2 Å². The molecular weight excluding hydrogens is 410 g/mol. The number of hydrogen-bond donors (Lipinski definition) is 3. The van der Waals surface area contributed by atoms with Gasteiger partial charge in [0.15, 0.2) is 0 Å². The van der Waals surface area contributed by atoms with E-state index in [-0.39, 0.29) is 12.5 Å². The lowest BCUT2D eigenvalue weighted by Gasteiger charge is -2.22. The summed E-state index contributed by atoms with van der Waals surface area (Å²) in [7, 11) is 0. The van der Waals surface area contributed by atoms with Gasteiger partial charge in [-0.05, 0) is 12.8 Å². The molecule has 4 nitrogen and oxygen atoms in total. The van der Waals surface area contributed by atoms with E-state index in [9.17, 15) is 15.0 Å². The molecule has 0 spiro atoms. The topological polar surface area (TPSA) is 69.6 Å². The maximum absolute atomic E-state index is 11.8. The van der Waals surface area contributed by atoms with E-state index in [0.29, 0.717) is 12.8 Å². The Hall–Kier alpha value is -0.610. The molecule has 0 aliphatic rings. The van der Waals surface area contributed by atoms with Gasteiger partial charge in [-0.3, -0.25) is 4.79 Å². The lowest BCUT2D eigenvalue weighted by Crippen LogP contribution is -2.45. The SMILES string of the molecule is CCCCCCCCCCCCCCCCCCCCCC(O)C(CO)NC(=O)CCCC. The van der Waals surface area contributed by atoms with Crippen LogP contribution < -0.4 is 5.32 Å². The number of carbonyl (C=O) groups is 1. The monoisotopic (exact) mass is 469 g/mol. The molecule has 4 heteroatoms. The predicted octanol–water partition coefficient (Wildman–Crippen LogP) is 7.84. The average Bonchev–Trinajstić information content (AvgIpc) is 2.82. The number of carbonyl (C=O) groups excluding carboxylic acids is 1. The highest BCUT2D eigenvalue weighted by atomic mass is 16.3. The molecule has 198 valence electrons. The van der Waals surface area contributed by atoms with E-state index in [1.807, 2.05) is 6.92 Å². The summed E-state index contributed by atoms with van der Waals surface area (Å²) >= 11 is 0. The fourth-order valence-electron chi connectivity index (χ4n) is 4.51. The molecule has 2 atom stereocenters. The predicted molar refractivity (Wildman–Crippen MR) is 143 cm³/mol. The maximum Gasteiger partial charge on any atom is 0.220 e. The summed E-state index contributed by atoms with van der Waals surface area (Å²) in [5.41, 5.74) is 0. The zero-order chi connectivity index (χ0) is 24.4. The molecule has 2 unspecified atom stereocenters. The van der Waals surface area contributed by atoms with E-state index < -0.39 is 12.1 Å². The third kappa shape index (κ3) is 22.9. The van der Waals surface area contributed by atoms with Gasteiger partial charge in [-0.1, -0.05) is 142 Å². The molecule has 0 bridgehead atoms. The van der Waals surface area contributed by atoms with Gasteiger partial charge in [0, 0.05) is 6.42 Å². The molecule has 0 aliphatic carbocycles. The minimum Gasteiger partial charge on any atom is -0.394 e. The van der Waals surface area contributed by atoms with Crippen molar-refractivity contribution in [3.05, 3.63) is 0 Å². The van der Waals surface area contributed by atoms with Crippen LogP contribution in [0, 0.1) is 0 Å². The molecule has 1 amide bonds. The number of unbranched alkanes of at least 4 members (excludes halogenated alkanes) is 19. The van der Waals surface area contributed by atoms with Crippen LogP contribution in [0.4, 0.5) is 0 Å². The fourth-order valence-corrected chi connectivity index (χ4v) is 4.51. The first-order valence-corrected chi connectivity index (χ1v) is 14.7. The van der Waals surface area contributed by atoms with Crippen molar-refractivity contribution < 1.29 is 15.0 Å². The van der Waals surface area contributed by atoms with Gasteiger partial charge in [0.25, 0.3) is 0 Å². The molecule has 0 aromatic carbocycles. The van der Waals surface area contributed by atoms with Crippen molar-refractivity contribution >= 4 is 5.91 Å². The molecule has 0 saturated carbocycles. The fraction of sp³-hybridized carbons (Fsp3) is 0.966. The van der Waals surface area contributed by atoms with Crippen LogP contribution in [0.3, 0.4) is 0 Å². The maximum atomic E-state index is 11.8. The molecule has 0 aromatic rings. The Morgan fingerprint density at radius 2 is 0.970 bits per heavy atom. The third-order valence-electron chi connectivity index (χ3n) is 6.87. The highest BCUT2D eigenvalue weighted by Gasteiger charge is 2.19. The number of aliphatic hydroxyl groups is 2. The van der Waals surface area contributed by atoms with Crippen LogP contribution in [-0.2, 0) is 4.79 Å². The summed E-state index contributed by atoms with van der Waals surface area (Å²) in [5, 5.41) is 22.5. The van der Waals surface area contributed by atoms with Crippen LogP contribution in [0.2, 0.25) is 0 Å². The Morgan fingerprint density at radius 3 is 1.33 bits per heavy atom. The van der Waals surface area contributed by atoms with Crippen molar-refractivity contribution in [3.8, 4) is 0 Å². The largest absolute Gasteiger partial charge is 0.394 e. The molecule has 0 rings (SSSR count).